The Hall–Kier alpha value is -1.79. The summed E-state index contributed by atoms with van der Waals surface area (Å²) in [6.45, 7) is 1.94. The fraction of sp³-hybridized carbons (Fsp3) is 0.167. The van der Waals surface area contributed by atoms with Crippen LogP contribution in [0, 0.1) is 18.3 Å². The molecule has 0 saturated heterocycles. The first-order valence-corrected chi connectivity index (χ1v) is 5.09. The molecule has 0 amide bonds. The predicted octanol–water partition coefficient (Wildman–Crippen LogP) is 3.08. The molecule has 1 aromatic carbocycles. The molecule has 80 valence electrons. The number of pyridine rings is 1. The molecular formula is C12H9ClN2O. The number of nitriles is 1. The van der Waals surface area contributed by atoms with Gasteiger partial charge in [-0.2, -0.15) is 5.26 Å². The van der Waals surface area contributed by atoms with Gasteiger partial charge in [-0.1, -0.05) is 17.7 Å². The van der Waals surface area contributed by atoms with Crippen LogP contribution in [0.3, 0.4) is 0 Å². The van der Waals surface area contributed by atoms with Crippen LogP contribution in [0.5, 0.6) is 5.88 Å². The average molecular weight is 233 g/mol. The number of hydrogen-bond donors (Lipinski definition) is 0. The molecule has 4 heteroatoms. The van der Waals surface area contributed by atoms with Crippen molar-refractivity contribution >= 4 is 22.5 Å². The largest absolute Gasteiger partial charge is 0.480 e. The van der Waals surface area contributed by atoms with Crippen LogP contribution >= 0.6 is 11.6 Å². The zero-order valence-corrected chi connectivity index (χ0v) is 9.67. The van der Waals surface area contributed by atoms with Crippen molar-refractivity contribution in [3.05, 3.63) is 34.3 Å². The van der Waals surface area contributed by atoms with Gasteiger partial charge in [-0.25, -0.2) is 4.98 Å². The third kappa shape index (κ3) is 1.58. The minimum atomic E-state index is 0.334. The Kier molecular flexibility index (Phi) is 2.67. The van der Waals surface area contributed by atoms with Crippen molar-refractivity contribution < 1.29 is 4.74 Å². The maximum absolute atomic E-state index is 8.96. The van der Waals surface area contributed by atoms with Crippen molar-refractivity contribution in [3.8, 4) is 11.9 Å². The Labute approximate surface area is 98.2 Å². The number of halogens is 1. The summed E-state index contributed by atoms with van der Waals surface area (Å²) in [5.41, 5.74) is 2.16. The summed E-state index contributed by atoms with van der Waals surface area (Å²) in [5.74, 6) is 0.334. The van der Waals surface area contributed by atoms with Gasteiger partial charge in [0.1, 0.15) is 11.6 Å². The van der Waals surface area contributed by atoms with Crippen molar-refractivity contribution in [1.29, 1.82) is 5.26 Å². The fourth-order valence-electron chi connectivity index (χ4n) is 1.58. The first-order chi connectivity index (χ1) is 7.67. The van der Waals surface area contributed by atoms with E-state index in [9.17, 15) is 0 Å². The Morgan fingerprint density at radius 1 is 1.44 bits per heavy atom. The van der Waals surface area contributed by atoms with Gasteiger partial charge in [0.05, 0.1) is 17.6 Å². The van der Waals surface area contributed by atoms with E-state index < -0.39 is 0 Å². The SMILES string of the molecule is COc1nc2c(C)ccc(Cl)c2cc1C#N. The lowest BCUT2D eigenvalue weighted by Gasteiger charge is -2.07. The number of hydrogen-bond acceptors (Lipinski definition) is 3. The van der Waals surface area contributed by atoms with Gasteiger partial charge in [0.2, 0.25) is 5.88 Å². The number of aromatic nitrogens is 1. The second-order valence-corrected chi connectivity index (χ2v) is 3.82. The molecule has 0 aliphatic heterocycles. The monoisotopic (exact) mass is 232 g/mol. The van der Waals surface area contributed by atoms with Gasteiger partial charge >= 0.3 is 0 Å². The summed E-state index contributed by atoms with van der Waals surface area (Å²) in [6, 6.07) is 7.44. The van der Waals surface area contributed by atoms with Gasteiger partial charge < -0.3 is 4.74 Å². The molecule has 0 fully saturated rings. The molecule has 0 aliphatic carbocycles. The molecule has 16 heavy (non-hydrogen) atoms. The Morgan fingerprint density at radius 2 is 2.19 bits per heavy atom. The smallest absolute Gasteiger partial charge is 0.231 e. The Morgan fingerprint density at radius 3 is 2.81 bits per heavy atom. The van der Waals surface area contributed by atoms with Crippen LogP contribution < -0.4 is 4.74 Å². The van der Waals surface area contributed by atoms with Crippen LogP contribution in [0.1, 0.15) is 11.1 Å². The predicted molar refractivity (Wildman–Crippen MR) is 62.8 cm³/mol. The normalized spacial score (nSPS) is 10.1. The minimum Gasteiger partial charge on any atom is -0.480 e. The highest BCUT2D eigenvalue weighted by Crippen LogP contribution is 2.29. The average Bonchev–Trinajstić information content (AvgIpc) is 2.32. The van der Waals surface area contributed by atoms with Crippen LogP contribution in [-0.4, -0.2) is 12.1 Å². The van der Waals surface area contributed by atoms with E-state index >= 15 is 0 Å². The lowest BCUT2D eigenvalue weighted by atomic mass is 10.1. The number of methoxy groups -OCH3 is 1. The van der Waals surface area contributed by atoms with E-state index in [1.165, 1.54) is 7.11 Å². The Balaban J connectivity index is 2.89. The van der Waals surface area contributed by atoms with Crippen molar-refractivity contribution in [1.82, 2.24) is 4.98 Å². The number of nitrogens with zero attached hydrogens (tertiary/aromatic N) is 2. The van der Waals surface area contributed by atoms with Crippen LogP contribution in [0.15, 0.2) is 18.2 Å². The Bertz CT molecular complexity index is 602. The molecule has 0 spiro atoms. The number of benzene rings is 1. The van der Waals surface area contributed by atoms with Crippen LogP contribution in [0.25, 0.3) is 10.9 Å². The maximum atomic E-state index is 8.96. The van der Waals surface area contributed by atoms with E-state index in [0.717, 1.165) is 16.5 Å². The van der Waals surface area contributed by atoms with Crippen LogP contribution in [0.4, 0.5) is 0 Å². The highest BCUT2D eigenvalue weighted by molar-refractivity contribution is 6.35. The molecule has 0 bridgehead atoms. The molecular weight excluding hydrogens is 224 g/mol. The highest BCUT2D eigenvalue weighted by atomic mass is 35.5. The summed E-state index contributed by atoms with van der Waals surface area (Å²) in [6.07, 6.45) is 0. The number of aryl methyl sites for hydroxylation is 1. The second kappa shape index (κ2) is 3.99. The van der Waals surface area contributed by atoms with Gasteiger partial charge in [0.25, 0.3) is 0 Å². The first kappa shape index (κ1) is 10.7. The first-order valence-electron chi connectivity index (χ1n) is 4.71. The summed E-state index contributed by atoms with van der Waals surface area (Å²) >= 11 is 6.06. The van der Waals surface area contributed by atoms with Crippen molar-refractivity contribution in [2.45, 2.75) is 6.92 Å². The molecule has 1 heterocycles. The van der Waals surface area contributed by atoms with Gasteiger partial charge in [0, 0.05) is 5.39 Å². The molecule has 2 aromatic rings. The highest BCUT2D eigenvalue weighted by Gasteiger charge is 2.10. The van der Waals surface area contributed by atoms with E-state index in [1.54, 1.807) is 12.1 Å². The quantitative estimate of drug-likeness (QED) is 0.759. The molecule has 3 nitrogen and oxygen atoms in total. The van der Waals surface area contributed by atoms with Crippen molar-refractivity contribution in [2.75, 3.05) is 7.11 Å². The molecule has 0 unspecified atom stereocenters. The summed E-state index contributed by atoms with van der Waals surface area (Å²) in [7, 11) is 1.49. The van der Waals surface area contributed by atoms with Gasteiger partial charge in [0.15, 0.2) is 0 Å². The van der Waals surface area contributed by atoms with E-state index in [-0.39, 0.29) is 0 Å². The zero-order valence-electron chi connectivity index (χ0n) is 8.91. The maximum Gasteiger partial charge on any atom is 0.231 e. The third-order valence-electron chi connectivity index (χ3n) is 2.41. The van der Waals surface area contributed by atoms with E-state index in [1.807, 2.05) is 19.1 Å². The van der Waals surface area contributed by atoms with E-state index in [4.69, 9.17) is 21.6 Å². The molecule has 1 aromatic heterocycles. The minimum absolute atomic E-state index is 0.334. The lowest BCUT2D eigenvalue weighted by Crippen LogP contribution is -1.94. The topological polar surface area (TPSA) is 45.9 Å². The molecule has 0 aliphatic rings. The molecule has 0 N–H and O–H groups in total. The van der Waals surface area contributed by atoms with E-state index in [0.29, 0.717) is 16.5 Å². The van der Waals surface area contributed by atoms with Crippen LogP contribution in [0.2, 0.25) is 5.02 Å². The summed E-state index contributed by atoms with van der Waals surface area (Å²) < 4.78 is 5.06. The summed E-state index contributed by atoms with van der Waals surface area (Å²) in [4.78, 5) is 4.30. The fourth-order valence-corrected chi connectivity index (χ4v) is 1.79. The van der Waals surface area contributed by atoms with Crippen LogP contribution in [-0.2, 0) is 0 Å². The number of fused-ring (bicyclic) bond motifs is 1. The van der Waals surface area contributed by atoms with E-state index in [2.05, 4.69) is 4.98 Å². The standard InChI is InChI=1S/C12H9ClN2O/c1-7-3-4-10(13)9-5-8(6-14)12(16-2)15-11(7)9/h3-5H,1-2H3. The van der Waals surface area contributed by atoms with Crippen molar-refractivity contribution in [3.63, 3.8) is 0 Å². The number of ether oxygens (including phenoxy) is 1. The second-order valence-electron chi connectivity index (χ2n) is 3.42. The zero-order chi connectivity index (χ0) is 11.7. The molecule has 0 saturated carbocycles. The van der Waals surface area contributed by atoms with Crippen molar-refractivity contribution in [2.24, 2.45) is 0 Å². The molecule has 0 radical (unpaired) electrons. The van der Waals surface area contributed by atoms with Gasteiger partial charge in [-0.15, -0.1) is 0 Å². The molecule has 0 atom stereocenters. The third-order valence-corrected chi connectivity index (χ3v) is 2.74. The molecule has 2 rings (SSSR count). The summed E-state index contributed by atoms with van der Waals surface area (Å²) in [5, 5.41) is 10.3. The van der Waals surface area contributed by atoms with Gasteiger partial charge in [-0.3, -0.25) is 0 Å². The number of rotatable bonds is 1. The van der Waals surface area contributed by atoms with Gasteiger partial charge in [-0.05, 0) is 24.6 Å². The lowest BCUT2D eigenvalue weighted by molar-refractivity contribution is 0.398.